The van der Waals surface area contributed by atoms with Gasteiger partial charge in [-0.3, -0.25) is 39.0 Å². The van der Waals surface area contributed by atoms with E-state index in [1.165, 1.54) is 31.3 Å². The van der Waals surface area contributed by atoms with E-state index in [4.69, 9.17) is 11.1 Å². The van der Waals surface area contributed by atoms with E-state index in [9.17, 15) is 38.7 Å². The van der Waals surface area contributed by atoms with Crippen LogP contribution in [0.15, 0.2) is 54.7 Å². The summed E-state index contributed by atoms with van der Waals surface area (Å²) in [4.78, 5) is 96.7. The first kappa shape index (κ1) is 37.6. The highest BCUT2D eigenvalue weighted by Gasteiger charge is 2.38. The molecule has 4 atom stereocenters. The lowest BCUT2D eigenvalue weighted by Crippen LogP contribution is -2.60. The Morgan fingerprint density at radius 3 is 2.22 bits per heavy atom. The van der Waals surface area contributed by atoms with Crippen molar-refractivity contribution in [3.63, 3.8) is 0 Å². The van der Waals surface area contributed by atoms with Gasteiger partial charge in [-0.2, -0.15) is 0 Å². The lowest BCUT2D eigenvalue weighted by molar-refractivity contribution is -0.144. The van der Waals surface area contributed by atoms with Crippen LogP contribution in [-0.2, 0) is 35.2 Å². The molecule has 0 radical (unpaired) electrons. The average molecular weight is 704 g/mol. The number of carbonyl (C=O) groups excluding carboxylic acids is 6. The summed E-state index contributed by atoms with van der Waals surface area (Å²) in [5.41, 5.74) is 7.47. The maximum atomic E-state index is 14.2. The predicted octanol–water partition coefficient (Wildman–Crippen LogP) is -1.03. The topological polar surface area (TPSA) is 269 Å². The van der Waals surface area contributed by atoms with Crippen molar-refractivity contribution in [3.8, 4) is 0 Å². The smallest absolute Gasteiger partial charge is 0.305 e. The Morgan fingerprint density at radius 1 is 0.922 bits per heavy atom. The minimum atomic E-state index is -1.62. The van der Waals surface area contributed by atoms with Crippen LogP contribution in [0.3, 0.4) is 0 Å². The summed E-state index contributed by atoms with van der Waals surface area (Å²) in [6.07, 6.45) is 0.795. The molecular formula is C34H41N9O8. The van der Waals surface area contributed by atoms with Gasteiger partial charge in [0.15, 0.2) is 0 Å². The Bertz CT molecular complexity index is 1840. The van der Waals surface area contributed by atoms with Crippen molar-refractivity contribution >= 4 is 58.2 Å². The molecule has 17 heteroatoms. The molecule has 1 fully saturated rings. The maximum absolute atomic E-state index is 14.2. The van der Waals surface area contributed by atoms with Crippen LogP contribution in [0.2, 0.25) is 0 Å². The summed E-state index contributed by atoms with van der Waals surface area (Å²) in [5, 5.41) is 30.2. The number of benzene rings is 2. The quantitative estimate of drug-likeness (QED) is 0.0972. The van der Waals surface area contributed by atoms with Crippen LogP contribution in [0.5, 0.6) is 0 Å². The number of para-hydroxylation sites is 1. The average Bonchev–Trinajstić information content (AvgIpc) is 3.49. The Morgan fingerprint density at radius 2 is 1.57 bits per heavy atom. The van der Waals surface area contributed by atoms with Crippen LogP contribution in [-0.4, -0.2) is 107 Å². The molecule has 270 valence electrons. The minimum absolute atomic E-state index is 0.0544. The number of carbonyl (C=O) groups is 7. The van der Waals surface area contributed by atoms with Gasteiger partial charge in [-0.15, -0.1) is 0 Å². The molecule has 17 nitrogen and oxygen atoms in total. The first-order valence-corrected chi connectivity index (χ1v) is 16.1. The molecule has 1 saturated heterocycles. The predicted molar refractivity (Wildman–Crippen MR) is 184 cm³/mol. The molecule has 3 aromatic rings. The van der Waals surface area contributed by atoms with Gasteiger partial charge in [-0.1, -0.05) is 44.2 Å². The summed E-state index contributed by atoms with van der Waals surface area (Å²) >= 11 is 0. The van der Waals surface area contributed by atoms with Gasteiger partial charge in [-0.05, 0) is 29.7 Å². The number of aromatic nitrogens is 1. The number of H-pyrrole nitrogens is 1. The van der Waals surface area contributed by atoms with Crippen LogP contribution >= 0.6 is 0 Å². The van der Waals surface area contributed by atoms with E-state index in [1.54, 1.807) is 26.1 Å². The summed E-state index contributed by atoms with van der Waals surface area (Å²) in [6, 6.07) is 7.54. The van der Waals surface area contributed by atoms with Crippen molar-refractivity contribution in [3.05, 3.63) is 71.4 Å². The van der Waals surface area contributed by atoms with Crippen molar-refractivity contribution < 1.29 is 38.7 Å². The van der Waals surface area contributed by atoms with Gasteiger partial charge < -0.3 is 47.3 Å². The first-order chi connectivity index (χ1) is 24.2. The number of aliphatic carboxylic acids is 1. The Labute approximate surface area is 292 Å². The number of fused-ring (bicyclic) bond motifs is 1. The van der Waals surface area contributed by atoms with Gasteiger partial charge in [0.1, 0.15) is 30.0 Å². The van der Waals surface area contributed by atoms with E-state index in [2.05, 4.69) is 31.6 Å². The zero-order valence-electron chi connectivity index (χ0n) is 28.2. The summed E-state index contributed by atoms with van der Waals surface area (Å²) < 4.78 is 0. The molecule has 0 spiro atoms. The monoisotopic (exact) mass is 703 g/mol. The van der Waals surface area contributed by atoms with Crippen molar-refractivity contribution in [1.29, 1.82) is 5.41 Å². The molecule has 2 heterocycles. The molecule has 1 aliphatic rings. The molecule has 1 aliphatic heterocycles. The van der Waals surface area contributed by atoms with E-state index in [0.29, 0.717) is 11.1 Å². The normalized spacial score (nSPS) is 20.8. The number of nitrogen functional groups attached to an aromatic ring is 1. The number of amidine groups is 1. The highest BCUT2D eigenvalue weighted by molar-refractivity contribution is 6.00. The van der Waals surface area contributed by atoms with E-state index < -0.39 is 91.0 Å². The number of nitrogens with zero attached hydrogens (tertiary/aromatic N) is 1. The van der Waals surface area contributed by atoms with Crippen LogP contribution in [0, 0.1) is 11.3 Å². The molecule has 4 rings (SSSR count). The molecule has 2 unspecified atom stereocenters. The standard InChI is InChI=1S/C34H41N9O8/c1-17(2)28-33(50)42-25(15-38-30(47)19-10-8-18(9-11-19)29(35)36)31(48)39-16-26(44)40-23(13-27(45)46)32(49)41-24(34(51)43(28)3)12-20-14-37-22-7-5-4-6-21(20)22/h4-11,14,17,23-25,28,37H,12-13,15-16H2,1-3H3,(H3,35,36)(H,38,47)(H,39,48)(H,40,44)(H,41,49)(H,42,50)(H,45,46)/t23?,24-,25+,28?/m1/s1. The zero-order chi connectivity index (χ0) is 37.4. The van der Waals surface area contributed by atoms with E-state index in [1.807, 2.05) is 18.2 Å². The third-order valence-electron chi connectivity index (χ3n) is 8.39. The van der Waals surface area contributed by atoms with Gasteiger partial charge in [0.2, 0.25) is 29.5 Å². The number of nitrogens with one attached hydrogen (secondary N) is 7. The number of amides is 6. The second-order valence-electron chi connectivity index (χ2n) is 12.5. The fourth-order valence-corrected chi connectivity index (χ4v) is 5.79. The molecule has 1 aromatic heterocycles. The largest absolute Gasteiger partial charge is 0.481 e. The van der Waals surface area contributed by atoms with Crippen LogP contribution in [0.25, 0.3) is 10.9 Å². The summed E-state index contributed by atoms with van der Waals surface area (Å²) in [6.45, 7) is 2.23. The van der Waals surface area contributed by atoms with Crippen molar-refractivity contribution in [1.82, 2.24) is 36.5 Å². The number of nitrogens with two attached hydrogens (primary N) is 1. The number of aromatic amines is 1. The van der Waals surface area contributed by atoms with Crippen molar-refractivity contribution in [2.75, 3.05) is 20.1 Å². The number of carboxylic acid groups (broad SMARTS) is 1. The maximum Gasteiger partial charge on any atom is 0.305 e. The highest BCUT2D eigenvalue weighted by Crippen LogP contribution is 2.21. The third kappa shape index (κ3) is 9.46. The lowest BCUT2D eigenvalue weighted by atomic mass is 9.98. The van der Waals surface area contributed by atoms with Crippen LogP contribution < -0.4 is 32.3 Å². The molecular weight excluding hydrogens is 662 g/mol. The number of carboxylic acids is 1. The number of hydrogen-bond acceptors (Lipinski definition) is 8. The van der Waals surface area contributed by atoms with Crippen LogP contribution in [0.1, 0.15) is 41.8 Å². The van der Waals surface area contributed by atoms with Gasteiger partial charge >= 0.3 is 5.97 Å². The van der Waals surface area contributed by atoms with Crippen molar-refractivity contribution in [2.24, 2.45) is 11.7 Å². The van der Waals surface area contributed by atoms with Gasteiger partial charge in [-0.25, -0.2) is 0 Å². The fourth-order valence-electron chi connectivity index (χ4n) is 5.79. The van der Waals surface area contributed by atoms with Gasteiger partial charge in [0.25, 0.3) is 5.91 Å². The molecule has 6 amide bonds. The first-order valence-electron chi connectivity index (χ1n) is 16.1. The molecule has 10 N–H and O–H groups in total. The van der Waals surface area contributed by atoms with Crippen LogP contribution in [0.4, 0.5) is 0 Å². The number of likely N-dealkylation sites (N-methyl/N-ethyl adjacent to an activating group) is 1. The lowest BCUT2D eigenvalue weighted by Gasteiger charge is -2.34. The highest BCUT2D eigenvalue weighted by atomic mass is 16.4. The van der Waals surface area contributed by atoms with E-state index in [-0.39, 0.29) is 17.8 Å². The molecule has 0 saturated carbocycles. The summed E-state index contributed by atoms with van der Waals surface area (Å²) in [7, 11) is 1.37. The van der Waals surface area contributed by atoms with Crippen molar-refractivity contribution in [2.45, 2.75) is 50.9 Å². The SMILES string of the molecule is CC(C)C1C(=O)N[C@@H](CNC(=O)c2ccc(C(=N)N)cc2)C(=O)NCC(=O)NC(CC(=O)O)C(=O)N[C@H](Cc2c[nH]c3ccccc23)C(=O)N1C. The fraction of sp³-hybridized carbons (Fsp3) is 0.353. The van der Waals surface area contributed by atoms with E-state index >= 15 is 0 Å². The molecule has 0 aliphatic carbocycles. The van der Waals surface area contributed by atoms with Gasteiger partial charge in [0, 0.05) is 48.2 Å². The molecule has 51 heavy (non-hydrogen) atoms. The Balaban J connectivity index is 1.67. The second kappa shape index (κ2) is 16.4. The molecule has 2 aromatic carbocycles. The Kier molecular flexibility index (Phi) is 12.1. The summed E-state index contributed by atoms with van der Waals surface area (Å²) in [5.74, 6) is -6.93. The Hall–Kier alpha value is -6.26. The zero-order valence-corrected chi connectivity index (χ0v) is 28.2. The molecule has 0 bridgehead atoms. The van der Waals surface area contributed by atoms with Gasteiger partial charge in [0.05, 0.1) is 13.0 Å². The number of hydrogen-bond donors (Lipinski definition) is 9. The number of rotatable bonds is 9. The minimum Gasteiger partial charge on any atom is -0.481 e. The third-order valence-corrected chi connectivity index (χ3v) is 8.39. The second-order valence-corrected chi connectivity index (χ2v) is 12.5. The van der Waals surface area contributed by atoms with E-state index in [0.717, 1.165) is 15.8 Å².